The molecule has 1 N–H and O–H groups in total. The smallest absolute Gasteiger partial charge is 0.337 e. The van der Waals surface area contributed by atoms with Crippen molar-refractivity contribution in [2.75, 3.05) is 0 Å². The third kappa shape index (κ3) is 2.32. The third-order valence-electron chi connectivity index (χ3n) is 3.90. The molecule has 0 spiro atoms. The summed E-state index contributed by atoms with van der Waals surface area (Å²) in [7, 11) is 0. The molecule has 0 radical (unpaired) electrons. The van der Waals surface area contributed by atoms with Crippen molar-refractivity contribution in [2.45, 2.75) is 44.4 Å². The Labute approximate surface area is 111 Å². The molecule has 0 unspecified atom stereocenters. The van der Waals surface area contributed by atoms with E-state index in [1.165, 1.54) is 25.7 Å². The summed E-state index contributed by atoms with van der Waals surface area (Å²) in [6.45, 7) is 0. The maximum Gasteiger partial charge on any atom is 0.337 e. The Kier molecular flexibility index (Phi) is 3.19. The van der Waals surface area contributed by atoms with Crippen LogP contribution in [0.5, 0.6) is 0 Å². The zero-order valence-electron chi connectivity index (χ0n) is 10.7. The molecule has 1 aliphatic carbocycles. The molecule has 1 saturated carbocycles. The van der Waals surface area contributed by atoms with Crippen molar-refractivity contribution < 1.29 is 9.90 Å². The van der Waals surface area contributed by atoms with Crippen LogP contribution in [0.4, 0.5) is 0 Å². The zero-order valence-corrected chi connectivity index (χ0v) is 10.7. The number of hydrogen-bond acceptors (Lipinski definition) is 3. The van der Waals surface area contributed by atoms with Crippen LogP contribution < -0.4 is 0 Å². The van der Waals surface area contributed by atoms with Gasteiger partial charge in [-0.25, -0.2) is 4.79 Å². The number of aromatic carboxylic acids is 1. The van der Waals surface area contributed by atoms with Gasteiger partial charge in [0.15, 0.2) is 5.65 Å². The lowest BCUT2D eigenvalue weighted by molar-refractivity contribution is 0.0696. The average Bonchev–Trinajstić information content (AvgIpc) is 2.64. The summed E-state index contributed by atoms with van der Waals surface area (Å²) >= 11 is 0. The van der Waals surface area contributed by atoms with E-state index in [0.717, 1.165) is 24.3 Å². The predicted molar refractivity (Wildman–Crippen MR) is 70.4 cm³/mol. The van der Waals surface area contributed by atoms with E-state index in [4.69, 9.17) is 5.11 Å². The molecule has 0 amide bonds. The lowest BCUT2D eigenvalue weighted by Crippen LogP contribution is -2.05. The highest BCUT2D eigenvalue weighted by Crippen LogP contribution is 2.30. The SMILES string of the molecule is O=C(O)c1ccc2nnc(C3CCCCCC3)n2c1. The summed E-state index contributed by atoms with van der Waals surface area (Å²) < 4.78 is 1.85. The maximum atomic E-state index is 11.1. The highest BCUT2D eigenvalue weighted by Gasteiger charge is 2.20. The van der Waals surface area contributed by atoms with E-state index in [1.807, 2.05) is 4.40 Å². The van der Waals surface area contributed by atoms with Crippen LogP contribution in [-0.2, 0) is 0 Å². The molecule has 19 heavy (non-hydrogen) atoms. The summed E-state index contributed by atoms with van der Waals surface area (Å²) in [6, 6.07) is 3.29. The maximum absolute atomic E-state index is 11.1. The Hall–Kier alpha value is -1.91. The van der Waals surface area contributed by atoms with E-state index < -0.39 is 5.97 Å². The van der Waals surface area contributed by atoms with Crippen molar-refractivity contribution >= 4 is 11.6 Å². The van der Waals surface area contributed by atoms with Crippen LogP contribution in [0, 0.1) is 0 Å². The summed E-state index contributed by atoms with van der Waals surface area (Å²) in [5.41, 5.74) is 1.01. The van der Waals surface area contributed by atoms with Gasteiger partial charge in [0.25, 0.3) is 0 Å². The van der Waals surface area contributed by atoms with Crippen molar-refractivity contribution in [3.8, 4) is 0 Å². The van der Waals surface area contributed by atoms with E-state index in [2.05, 4.69) is 10.2 Å². The van der Waals surface area contributed by atoms with Gasteiger partial charge in [-0.3, -0.25) is 4.40 Å². The van der Waals surface area contributed by atoms with E-state index in [1.54, 1.807) is 18.3 Å². The number of nitrogens with zero attached hydrogens (tertiary/aromatic N) is 3. The molecule has 0 saturated heterocycles. The van der Waals surface area contributed by atoms with Gasteiger partial charge in [0.1, 0.15) is 5.82 Å². The number of pyridine rings is 1. The molecular weight excluding hydrogens is 242 g/mol. The summed E-state index contributed by atoms with van der Waals surface area (Å²) in [5, 5.41) is 17.5. The van der Waals surface area contributed by atoms with Gasteiger partial charge in [0, 0.05) is 12.1 Å². The highest BCUT2D eigenvalue weighted by molar-refractivity contribution is 5.87. The Morgan fingerprint density at radius 1 is 1.16 bits per heavy atom. The number of hydrogen-bond donors (Lipinski definition) is 1. The van der Waals surface area contributed by atoms with E-state index in [9.17, 15) is 4.79 Å². The first-order valence-corrected chi connectivity index (χ1v) is 6.83. The minimum Gasteiger partial charge on any atom is -0.478 e. The zero-order chi connectivity index (χ0) is 13.2. The number of carbonyl (C=O) groups is 1. The van der Waals surface area contributed by atoms with Crippen molar-refractivity contribution in [1.29, 1.82) is 0 Å². The first kappa shape index (κ1) is 12.1. The molecular formula is C14H17N3O2. The van der Waals surface area contributed by atoms with Crippen molar-refractivity contribution in [3.05, 3.63) is 29.7 Å². The van der Waals surface area contributed by atoms with Gasteiger partial charge in [-0.1, -0.05) is 25.7 Å². The summed E-state index contributed by atoms with van der Waals surface area (Å²) in [6.07, 6.45) is 8.89. The number of rotatable bonds is 2. The fourth-order valence-electron chi connectivity index (χ4n) is 2.85. The van der Waals surface area contributed by atoms with E-state index in [0.29, 0.717) is 5.92 Å². The van der Waals surface area contributed by atoms with Crippen LogP contribution in [0.3, 0.4) is 0 Å². The Balaban J connectivity index is 2.02. The molecule has 1 fully saturated rings. The Morgan fingerprint density at radius 2 is 1.89 bits per heavy atom. The van der Waals surface area contributed by atoms with Crippen LogP contribution >= 0.6 is 0 Å². The fraction of sp³-hybridized carbons (Fsp3) is 0.500. The predicted octanol–water partition coefficient (Wildman–Crippen LogP) is 2.87. The van der Waals surface area contributed by atoms with Gasteiger partial charge in [-0.05, 0) is 25.0 Å². The molecule has 2 aromatic heterocycles. The van der Waals surface area contributed by atoms with Gasteiger partial charge in [-0.2, -0.15) is 0 Å². The summed E-state index contributed by atoms with van der Waals surface area (Å²) in [5.74, 6) is 0.406. The number of carboxylic acid groups (broad SMARTS) is 1. The van der Waals surface area contributed by atoms with Gasteiger partial charge in [0.05, 0.1) is 5.56 Å². The van der Waals surface area contributed by atoms with Crippen molar-refractivity contribution in [2.24, 2.45) is 0 Å². The second kappa shape index (κ2) is 4.99. The van der Waals surface area contributed by atoms with E-state index in [-0.39, 0.29) is 5.56 Å². The largest absolute Gasteiger partial charge is 0.478 e. The molecule has 3 rings (SSSR count). The lowest BCUT2D eigenvalue weighted by Gasteiger charge is -2.11. The third-order valence-corrected chi connectivity index (χ3v) is 3.90. The number of fused-ring (bicyclic) bond motifs is 1. The van der Waals surface area contributed by atoms with Crippen LogP contribution in [0.15, 0.2) is 18.3 Å². The van der Waals surface area contributed by atoms with Crippen molar-refractivity contribution in [3.63, 3.8) is 0 Å². The second-order valence-electron chi connectivity index (χ2n) is 5.20. The molecule has 5 heteroatoms. The topological polar surface area (TPSA) is 67.5 Å². The fourth-order valence-corrected chi connectivity index (χ4v) is 2.85. The molecule has 100 valence electrons. The Bertz CT molecular complexity index is 598. The quantitative estimate of drug-likeness (QED) is 0.842. The summed E-state index contributed by atoms with van der Waals surface area (Å²) in [4.78, 5) is 11.1. The minimum absolute atomic E-state index is 0.280. The lowest BCUT2D eigenvalue weighted by atomic mass is 9.99. The molecule has 2 heterocycles. The molecule has 0 bridgehead atoms. The van der Waals surface area contributed by atoms with E-state index >= 15 is 0 Å². The van der Waals surface area contributed by atoms with Crippen LogP contribution in [0.25, 0.3) is 5.65 Å². The molecule has 1 aliphatic rings. The standard InChI is InChI=1S/C14H17N3O2/c18-14(19)11-7-8-12-15-16-13(17(12)9-11)10-5-3-1-2-4-6-10/h7-10H,1-6H2,(H,18,19). The first-order chi connectivity index (χ1) is 9.25. The van der Waals surface area contributed by atoms with Crippen LogP contribution in [0.1, 0.15) is 60.6 Å². The van der Waals surface area contributed by atoms with Gasteiger partial charge in [0.2, 0.25) is 0 Å². The number of carboxylic acids is 1. The second-order valence-corrected chi connectivity index (χ2v) is 5.20. The molecule has 2 aromatic rings. The minimum atomic E-state index is -0.914. The Morgan fingerprint density at radius 3 is 2.58 bits per heavy atom. The van der Waals surface area contributed by atoms with Crippen LogP contribution in [-0.4, -0.2) is 25.7 Å². The normalized spacial score (nSPS) is 17.5. The number of aromatic nitrogens is 3. The van der Waals surface area contributed by atoms with Gasteiger partial charge >= 0.3 is 5.97 Å². The van der Waals surface area contributed by atoms with Crippen LogP contribution in [0.2, 0.25) is 0 Å². The monoisotopic (exact) mass is 259 g/mol. The molecule has 0 atom stereocenters. The molecule has 5 nitrogen and oxygen atoms in total. The van der Waals surface area contributed by atoms with Gasteiger partial charge < -0.3 is 5.11 Å². The average molecular weight is 259 g/mol. The molecule has 0 aliphatic heterocycles. The van der Waals surface area contributed by atoms with Crippen molar-refractivity contribution in [1.82, 2.24) is 14.6 Å². The van der Waals surface area contributed by atoms with Gasteiger partial charge in [-0.15, -0.1) is 10.2 Å². The molecule has 0 aromatic carbocycles. The first-order valence-electron chi connectivity index (χ1n) is 6.83. The highest BCUT2D eigenvalue weighted by atomic mass is 16.4.